The zero-order valence-electron chi connectivity index (χ0n) is 27.0. The molecule has 2 atom stereocenters. The van der Waals surface area contributed by atoms with Crippen molar-refractivity contribution in [3.63, 3.8) is 0 Å². The SMILES string of the molecule is CC1=Cc2c(-c3cccc(N(C)C)c3)cccc2[CH]1[Zr]([Cl])([Cl])(=[C](C)C)[CH]1C(C)=Cc2c(-c3cccc(N(C)C)c3)cccc21. The van der Waals surface area contributed by atoms with Crippen molar-refractivity contribution in [2.45, 2.75) is 34.9 Å². The summed E-state index contributed by atoms with van der Waals surface area (Å²) >= 11 is -4.95. The van der Waals surface area contributed by atoms with Crippen LogP contribution in [0, 0.1) is 0 Å². The Bertz CT molecular complexity index is 1810. The maximum absolute atomic E-state index is 8.36. The number of rotatable bonds is 6. The molecule has 0 spiro atoms. The zero-order chi connectivity index (χ0) is 31.6. The molecule has 0 heterocycles. The van der Waals surface area contributed by atoms with E-state index in [1.54, 1.807) is 0 Å². The van der Waals surface area contributed by atoms with E-state index in [4.69, 9.17) is 17.0 Å². The van der Waals surface area contributed by atoms with E-state index in [1.807, 2.05) is 0 Å². The molecule has 0 N–H and O–H groups in total. The van der Waals surface area contributed by atoms with Crippen molar-refractivity contribution in [3.8, 4) is 22.3 Å². The molecule has 0 amide bonds. The summed E-state index contributed by atoms with van der Waals surface area (Å²) in [6.45, 7) is 8.86. The third-order valence-corrected chi connectivity index (χ3v) is 33.2. The van der Waals surface area contributed by atoms with Crippen molar-refractivity contribution >= 4 is 43.8 Å². The van der Waals surface area contributed by atoms with Gasteiger partial charge in [-0.2, -0.15) is 0 Å². The summed E-state index contributed by atoms with van der Waals surface area (Å²) in [6, 6.07) is 30.9. The predicted molar refractivity (Wildman–Crippen MR) is 193 cm³/mol. The van der Waals surface area contributed by atoms with Crippen molar-refractivity contribution in [3.05, 3.63) is 118 Å². The topological polar surface area (TPSA) is 6.48 Å². The molecule has 0 saturated carbocycles. The first kappa shape index (κ1) is 31.3. The molecule has 0 fully saturated rings. The quantitative estimate of drug-likeness (QED) is 0.198. The molecule has 0 bridgehead atoms. The number of allylic oxidation sites excluding steroid dienone is 2. The van der Waals surface area contributed by atoms with Gasteiger partial charge < -0.3 is 0 Å². The van der Waals surface area contributed by atoms with Crippen LogP contribution in [0.25, 0.3) is 34.4 Å². The van der Waals surface area contributed by atoms with Crippen LogP contribution in [0.15, 0.2) is 96.1 Å². The van der Waals surface area contributed by atoms with E-state index in [-0.39, 0.29) is 7.25 Å². The van der Waals surface area contributed by atoms with E-state index in [1.165, 1.54) is 70.2 Å². The summed E-state index contributed by atoms with van der Waals surface area (Å²) in [5, 5.41) is 0. The summed E-state index contributed by atoms with van der Waals surface area (Å²) in [4.78, 5) is 4.30. The minimum absolute atomic E-state index is 0.0169. The number of hydrogen-bond donors (Lipinski definition) is 0. The third-order valence-electron chi connectivity index (χ3n) is 9.92. The van der Waals surface area contributed by atoms with Crippen molar-refractivity contribution < 1.29 is 15.9 Å². The number of nitrogens with zero attached hydrogens (tertiary/aromatic N) is 2. The van der Waals surface area contributed by atoms with E-state index in [0.29, 0.717) is 0 Å². The fourth-order valence-electron chi connectivity index (χ4n) is 7.66. The Kier molecular flexibility index (Phi) is 8.01. The van der Waals surface area contributed by atoms with Crippen LogP contribution in [0.2, 0.25) is 0 Å². The third kappa shape index (κ3) is 4.82. The summed E-state index contributed by atoms with van der Waals surface area (Å²) in [5.41, 5.74) is 14.8. The van der Waals surface area contributed by atoms with Gasteiger partial charge in [0.1, 0.15) is 0 Å². The maximum atomic E-state index is 8.36. The van der Waals surface area contributed by atoms with Gasteiger partial charge in [0.25, 0.3) is 0 Å². The number of hydrogen-bond acceptors (Lipinski definition) is 2. The summed E-state index contributed by atoms with van der Waals surface area (Å²) in [6.07, 6.45) is 4.72. The van der Waals surface area contributed by atoms with E-state index < -0.39 is 15.9 Å². The second-order valence-corrected chi connectivity index (χ2v) is 35.0. The van der Waals surface area contributed by atoms with E-state index in [2.05, 4.69) is 163 Å². The Balaban J connectivity index is 1.54. The molecule has 0 aromatic heterocycles. The first-order valence-corrected chi connectivity index (χ1v) is 25.8. The standard InChI is InChI=1S/2C18H18N.C3H6.2ClH.Zr/c2*1-13-10-14-7-5-9-17(18(14)11-13)15-6-4-8-16(12-15)19(2)3;1-3-2;;;/h2*4-12H,1-3H3;1-2H3;2*1H;/q;;;;;+2/p-2. The van der Waals surface area contributed by atoms with Gasteiger partial charge in [-0.25, -0.2) is 0 Å². The van der Waals surface area contributed by atoms with Gasteiger partial charge in [0.05, 0.1) is 0 Å². The average molecular weight is 701 g/mol. The Hall–Kier alpha value is -2.71. The molecule has 0 radical (unpaired) electrons. The van der Waals surface area contributed by atoms with Crippen molar-refractivity contribution in [2.75, 3.05) is 38.0 Å². The van der Waals surface area contributed by atoms with Gasteiger partial charge in [-0.1, -0.05) is 0 Å². The minimum atomic E-state index is -4.95. The fraction of sp³-hybridized carbons (Fsp3) is 0.256. The van der Waals surface area contributed by atoms with Crippen LogP contribution in [-0.4, -0.2) is 31.4 Å². The molecule has 44 heavy (non-hydrogen) atoms. The van der Waals surface area contributed by atoms with Crippen LogP contribution in [-0.2, 0) is 15.9 Å². The van der Waals surface area contributed by atoms with Crippen LogP contribution >= 0.6 is 17.0 Å². The van der Waals surface area contributed by atoms with Crippen LogP contribution in [0.3, 0.4) is 0 Å². The first-order chi connectivity index (χ1) is 20.8. The van der Waals surface area contributed by atoms with Crippen molar-refractivity contribution in [1.82, 2.24) is 0 Å². The number of fused-ring (bicyclic) bond motifs is 2. The molecule has 4 aromatic rings. The molecule has 2 aliphatic carbocycles. The van der Waals surface area contributed by atoms with Crippen molar-refractivity contribution in [1.29, 1.82) is 0 Å². The van der Waals surface area contributed by atoms with Gasteiger partial charge in [-0.05, 0) is 0 Å². The zero-order valence-corrected chi connectivity index (χ0v) is 31.0. The molecular formula is C39H42Cl2N2Zr. The van der Waals surface area contributed by atoms with Crippen molar-refractivity contribution in [2.24, 2.45) is 0 Å². The molecule has 6 rings (SSSR count). The summed E-state index contributed by atoms with van der Waals surface area (Å²) in [7, 11) is 25.1. The fourth-order valence-corrected chi connectivity index (χ4v) is 26.7. The number of halogens is 2. The van der Waals surface area contributed by atoms with Crippen LogP contribution in [0.4, 0.5) is 11.4 Å². The Morgan fingerprint density at radius 2 is 0.977 bits per heavy atom. The molecule has 4 aromatic carbocycles. The van der Waals surface area contributed by atoms with Gasteiger partial charge in [0, 0.05) is 0 Å². The summed E-state index contributed by atoms with van der Waals surface area (Å²) in [5.74, 6) is 0. The molecule has 2 nitrogen and oxygen atoms in total. The second kappa shape index (κ2) is 11.3. The molecule has 0 saturated heterocycles. The van der Waals surface area contributed by atoms with Gasteiger partial charge in [0.2, 0.25) is 0 Å². The normalized spacial score (nSPS) is 17.5. The molecule has 5 heteroatoms. The van der Waals surface area contributed by atoms with Gasteiger partial charge in [-0.15, -0.1) is 0 Å². The van der Waals surface area contributed by atoms with E-state index in [9.17, 15) is 0 Å². The van der Waals surface area contributed by atoms with Crippen LogP contribution < -0.4 is 9.80 Å². The molecular weight excluding hydrogens is 659 g/mol. The average Bonchev–Trinajstić information content (AvgIpc) is 3.53. The number of benzene rings is 4. The molecule has 226 valence electrons. The molecule has 2 aliphatic rings. The van der Waals surface area contributed by atoms with Gasteiger partial charge >= 0.3 is 273 Å². The number of anilines is 2. The van der Waals surface area contributed by atoms with Gasteiger partial charge in [0.15, 0.2) is 0 Å². The van der Waals surface area contributed by atoms with E-state index >= 15 is 0 Å². The Labute approximate surface area is 271 Å². The Morgan fingerprint density at radius 3 is 1.34 bits per heavy atom. The monoisotopic (exact) mass is 698 g/mol. The van der Waals surface area contributed by atoms with E-state index in [0.717, 1.165) is 0 Å². The van der Waals surface area contributed by atoms with Crippen LogP contribution in [0.5, 0.6) is 0 Å². The summed E-state index contributed by atoms with van der Waals surface area (Å²) < 4.78 is 1.17. The second-order valence-electron chi connectivity index (χ2n) is 13.3. The predicted octanol–water partition coefficient (Wildman–Crippen LogP) is 11.0. The van der Waals surface area contributed by atoms with Gasteiger partial charge in [-0.3, -0.25) is 0 Å². The first-order valence-electron chi connectivity index (χ1n) is 15.4. The molecule has 2 unspecified atom stereocenters. The Morgan fingerprint density at radius 1 is 0.591 bits per heavy atom. The molecule has 0 aliphatic heterocycles. The van der Waals surface area contributed by atoms with Crippen LogP contribution in [0.1, 0.15) is 57.2 Å².